The number of halogens is 3. The number of benzene rings is 2. The third kappa shape index (κ3) is 7.27. The van der Waals surface area contributed by atoms with E-state index in [0.29, 0.717) is 33.1 Å². The summed E-state index contributed by atoms with van der Waals surface area (Å²) in [5, 5.41) is 2.98. The van der Waals surface area contributed by atoms with Crippen molar-refractivity contribution in [3.8, 4) is 17.0 Å². The molecule has 0 bridgehead atoms. The van der Waals surface area contributed by atoms with Crippen LogP contribution in [0.3, 0.4) is 0 Å². The Morgan fingerprint density at radius 2 is 1.79 bits per heavy atom. The van der Waals surface area contributed by atoms with Gasteiger partial charge < -0.3 is 10.1 Å². The number of carbonyl (C=O) groups excluding carboxylic acids is 1. The fourth-order valence-corrected chi connectivity index (χ4v) is 5.40. The van der Waals surface area contributed by atoms with Crippen molar-refractivity contribution in [3.63, 3.8) is 0 Å². The molecular weight excluding hydrogens is 556 g/mol. The van der Waals surface area contributed by atoms with Crippen LogP contribution in [0.25, 0.3) is 11.3 Å². The third-order valence-corrected chi connectivity index (χ3v) is 7.07. The SMILES string of the molecule is Cc1sc(C(=O)Nc2cc(Cl)cc(NS(C)(=O)=O)c2)cc1-c1ncccc1OCCc1cc(F)cc(F)c1. The lowest BCUT2D eigenvalue weighted by molar-refractivity contribution is 0.103. The molecule has 0 unspecified atom stereocenters. The van der Waals surface area contributed by atoms with E-state index in [0.717, 1.165) is 17.2 Å². The summed E-state index contributed by atoms with van der Waals surface area (Å²) in [6.07, 6.45) is 2.90. The van der Waals surface area contributed by atoms with E-state index in [9.17, 15) is 22.0 Å². The Morgan fingerprint density at radius 3 is 2.50 bits per heavy atom. The molecular formula is C26H22ClF2N3O4S2. The van der Waals surface area contributed by atoms with Crippen LogP contribution in [0.15, 0.2) is 60.8 Å². The zero-order valence-corrected chi connectivity index (χ0v) is 22.6. The molecule has 2 aromatic carbocycles. The lowest BCUT2D eigenvalue weighted by Crippen LogP contribution is -2.12. The van der Waals surface area contributed by atoms with Crippen molar-refractivity contribution in [1.29, 1.82) is 0 Å². The summed E-state index contributed by atoms with van der Waals surface area (Å²) in [5.41, 5.74) is 2.22. The first-order valence-corrected chi connectivity index (χ1v) is 14.3. The predicted molar refractivity (Wildman–Crippen MR) is 146 cm³/mol. The summed E-state index contributed by atoms with van der Waals surface area (Å²) in [4.78, 5) is 18.6. The van der Waals surface area contributed by atoms with E-state index in [4.69, 9.17) is 16.3 Å². The van der Waals surface area contributed by atoms with Crippen LogP contribution in [-0.4, -0.2) is 32.2 Å². The van der Waals surface area contributed by atoms with Crippen LogP contribution in [0.5, 0.6) is 5.75 Å². The highest BCUT2D eigenvalue weighted by Crippen LogP contribution is 2.35. The van der Waals surface area contributed by atoms with E-state index in [1.54, 1.807) is 24.4 Å². The van der Waals surface area contributed by atoms with Crippen LogP contribution in [0.1, 0.15) is 20.1 Å². The van der Waals surface area contributed by atoms with Crippen molar-refractivity contribution in [2.24, 2.45) is 0 Å². The number of rotatable bonds is 9. The maximum Gasteiger partial charge on any atom is 0.265 e. The molecule has 0 fully saturated rings. The van der Waals surface area contributed by atoms with Crippen molar-refractivity contribution in [3.05, 3.63) is 92.8 Å². The molecule has 2 heterocycles. The first-order chi connectivity index (χ1) is 18.0. The second-order valence-corrected chi connectivity index (χ2v) is 11.8. The number of hydrogen-bond acceptors (Lipinski definition) is 6. The molecule has 0 radical (unpaired) electrons. The number of nitrogens with zero attached hydrogens (tertiary/aromatic N) is 1. The van der Waals surface area contributed by atoms with Gasteiger partial charge in [0.05, 0.1) is 23.4 Å². The normalized spacial score (nSPS) is 11.3. The number of nitrogens with one attached hydrogen (secondary N) is 2. The van der Waals surface area contributed by atoms with Gasteiger partial charge in [0.1, 0.15) is 23.1 Å². The van der Waals surface area contributed by atoms with Crippen LogP contribution < -0.4 is 14.8 Å². The van der Waals surface area contributed by atoms with Gasteiger partial charge in [0.2, 0.25) is 10.0 Å². The number of aryl methyl sites for hydroxylation is 1. The maximum absolute atomic E-state index is 13.5. The van der Waals surface area contributed by atoms with Crippen molar-refractivity contribution in [2.75, 3.05) is 22.9 Å². The molecule has 2 N–H and O–H groups in total. The van der Waals surface area contributed by atoms with Crippen LogP contribution in [0, 0.1) is 18.6 Å². The molecule has 1 amide bonds. The van der Waals surface area contributed by atoms with Gasteiger partial charge in [-0.2, -0.15) is 0 Å². The Morgan fingerprint density at radius 1 is 1.08 bits per heavy atom. The van der Waals surface area contributed by atoms with Gasteiger partial charge in [-0.1, -0.05) is 11.6 Å². The summed E-state index contributed by atoms with van der Waals surface area (Å²) < 4.78 is 58.2. The second kappa shape index (κ2) is 11.5. The number of amides is 1. The lowest BCUT2D eigenvalue weighted by atomic mass is 10.1. The van der Waals surface area contributed by atoms with Gasteiger partial charge >= 0.3 is 0 Å². The van der Waals surface area contributed by atoms with Crippen molar-refractivity contribution < 1.29 is 26.7 Å². The number of thiophene rings is 1. The first-order valence-electron chi connectivity index (χ1n) is 11.2. The van der Waals surface area contributed by atoms with E-state index in [1.165, 1.54) is 41.7 Å². The fraction of sp³-hybridized carbons (Fsp3) is 0.154. The van der Waals surface area contributed by atoms with Crippen molar-refractivity contribution in [1.82, 2.24) is 4.98 Å². The maximum atomic E-state index is 13.5. The van der Waals surface area contributed by atoms with E-state index < -0.39 is 27.6 Å². The van der Waals surface area contributed by atoms with Gasteiger partial charge in [-0.25, -0.2) is 17.2 Å². The Kier molecular flexibility index (Phi) is 8.29. The summed E-state index contributed by atoms with van der Waals surface area (Å²) in [7, 11) is -3.53. The van der Waals surface area contributed by atoms with E-state index >= 15 is 0 Å². The Balaban J connectivity index is 1.50. The summed E-state index contributed by atoms with van der Waals surface area (Å²) in [6.45, 7) is 2.01. The smallest absolute Gasteiger partial charge is 0.265 e. The number of pyridine rings is 1. The molecule has 0 saturated heterocycles. The standard InChI is InChI=1S/C26H22ClF2N3O4S2/c1-15-22(25-23(4-3-6-30-25)36-7-5-16-8-18(28)12-19(29)9-16)14-24(37-15)26(33)31-20-10-17(27)11-21(13-20)32-38(2,34)35/h3-4,6,8-14,32H,5,7H2,1-2H3,(H,31,33). The topological polar surface area (TPSA) is 97.4 Å². The van der Waals surface area contributed by atoms with Crippen molar-refractivity contribution >= 4 is 50.2 Å². The summed E-state index contributed by atoms with van der Waals surface area (Å²) >= 11 is 7.34. The highest BCUT2D eigenvalue weighted by Gasteiger charge is 2.18. The lowest BCUT2D eigenvalue weighted by Gasteiger charge is -2.11. The minimum Gasteiger partial charge on any atom is -0.491 e. The Hall–Kier alpha value is -3.54. The molecule has 0 saturated carbocycles. The number of sulfonamides is 1. The highest BCUT2D eigenvalue weighted by atomic mass is 35.5. The Labute approximate surface area is 227 Å². The van der Waals surface area contributed by atoms with E-state index in [2.05, 4.69) is 15.0 Å². The Bertz CT molecular complexity index is 1590. The molecule has 0 aliphatic rings. The largest absolute Gasteiger partial charge is 0.491 e. The molecule has 198 valence electrons. The minimum absolute atomic E-state index is 0.163. The predicted octanol–water partition coefficient (Wildman–Crippen LogP) is 6.30. The number of carbonyl (C=O) groups is 1. The zero-order valence-electron chi connectivity index (χ0n) is 20.2. The summed E-state index contributed by atoms with van der Waals surface area (Å²) in [6, 6.07) is 12.8. The molecule has 0 atom stereocenters. The minimum atomic E-state index is -3.53. The number of anilines is 2. The van der Waals surface area contributed by atoms with Gasteiger partial charge in [0, 0.05) is 39.8 Å². The second-order valence-electron chi connectivity index (χ2n) is 8.36. The number of ether oxygens (including phenoxy) is 1. The molecule has 0 spiro atoms. The highest BCUT2D eigenvalue weighted by molar-refractivity contribution is 7.92. The van der Waals surface area contributed by atoms with Gasteiger partial charge in [-0.05, 0) is 61.0 Å². The molecule has 0 aliphatic carbocycles. The number of hydrogen-bond donors (Lipinski definition) is 2. The van der Waals surface area contributed by atoms with Crippen LogP contribution in [0.2, 0.25) is 5.02 Å². The number of aromatic nitrogens is 1. The van der Waals surface area contributed by atoms with Crippen LogP contribution >= 0.6 is 22.9 Å². The molecule has 0 aliphatic heterocycles. The zero-order chi connectivity index (χ0) is 27.4. The first kappa shape index (κ1) is 27.5. The van der Waals surface area contributed by atoms with Gasteiger partial charge in [0.15, 0.2) is 0 Å². The molecule has 38 heavy (non-hydrogen) atoms. The molecule has 7 nitrogen and oxygen atoms in total. The van der Waals surface area contributed by atoms with E-state index in [-0.39, 0.29) is 23.7 Å². The summed E-state index contributed by atoms with van der Waals surface area (Å²) in [5.74, 6) is -1.25. The molecule has 4 aromatic rings. The average Bonchev–Trinajstić information content (AvgIpc) is 3.19. The quantitative estimate of drug-likeness (QED) is 0.243. The van der Waals surface area contributed by atoms with E-state index in [1.807, 2.05) is 6.92 Å². The molecule has 4 rings (SSSR count). The van der Waals surface area contributed by atoms with Gasteiger partial charge in [-0.3, -0.25) is 14.5 Å². The van der Waals surface area contributed by atoms with Crippen molar-refractivity contribution in [2.45, 2.75) is 13.3 Å². The van der Waals surface area contributed by atoms with Crippen LogP contribution in [0.4, 0.5) is 20.2 Å². The third-order valence-electron chi connectivity index (χ3n) is 5.20. The fourth-order valence-electron chi connectivity index (χ4n) is 3.70. The molecule has 12 heteroatoms. The van der Waals surface area contributed by atoms with Gasteiger partial charge in [0.25, 0.3) is 5.91 Å². The van der Waals surface area contributed by atoms with Crippen LogP contribution in [-0.2, 0) is 16.4 Å². The van der Waals surface area contributed by atoms with Gasteiger partial charge in [-0.15, -0.1) is 11.3 Å². The monoisotopic (exact) mass is 577 g/mol. The molecule has 2 aromatic heterocycles. The average molecular weight is 578 g/mol.